The molecule has 4 rings (SSSR count). The highest BCUT2D eigenvalue weighted by molar-refractivity contribution is 5.81. The quantitative estimate of drug-likeness (QED) is 0.352. The molecule has 37 heavy (non-hydrogen) atoms. The highest BCUT2D eigenvalue weighted by atomic mass is 16.7. The molecule has 0 amide bonds. The van der Waals surface area contributed by atoms with E-state index in [2.05, 4.69) is 0 Å². The van der Waals surface area contributed by atoms with Crippen molar-refractivity contribution < 1.29 is 28.4 Å². The van der Waals surface area contributed by atoms with E-state index in [1.54, 1.807) is 28.4 Å². The Hall–Kier alpha value is -3.97. The summed E-state index contributed by atoms with van der Waals surface area (Å²) in [6.07, 6.45) is 8.04. The lowest BCUT2D eigenvalue weighted by molar-refractivity contribution is -0.180. The van der Waals surface area contributed by atoms with E-state index in [1.807, 2.05) is 81.5 Å². The molecule has 0 radical (unpaired) electrons. The lowest BCUT2D eigenvalue weighted by atomic mass is 10.00. The predicted molar refractivity (Wildman–Crippen MR) is 145 cm³/mol. The number of nitrogens with zero attached hydrogens (tertiary/aromatic N) is 1. The Labute approximate surface area is 218 Å². The number of hydrogen-bond donors (Lipinski definition) is 0. The topological polar surface area (TPSA) is 68.3 Å². The zero-order chi connectivity index (χ0) is 26.6. The van der Waals surface area contributed by atoms with Crippen LogP contribution in [0.1, 0.15) is 47.5 Å². The molecule has 1 aliphatic heterocycles. The molecule has 0 spiro atoms. The molecule has 0 N–H and O–H groups in total. The fourth-order valence-electron chi connectivity index (χ4n) is 4.17. The van der Waals surface area contributed by atoms with Crippen molar-refractivity contribution in [2.75, 3.05) is 28.4 Å². The number of benzene rings is 2. The molecule has 0 unspecified atom stereocenters. The van der Waals surface area contributed by atoms with Crippen molar-refractivity contribution in [3.8, 4) is 28.7 Å². The van der Waals surface area contributed by atoms with Gasteiger partial charge < -0.3 is 28.4 Å². The molecular weight excluding hydrogens is 470 g/mol. The summed E-state index contributed by atoms with van der Waals surface area (Å²) < 4.78 is 33.8. The standard InChI is InChI=1S/C30H33NO6/c1-19-29-23(18-36-30(2,3)37-29)22(12-8-20-10-14-25(32-4)27(16-20)34-6)24(31-19)13-9-21-11-15-26(33-5)28(17-21)35-7/h8-17H,18H2,1-7H3/b12-8?,13-9+. The first-order chi connectivity index (χ1) is 17.8. The number of hydrogen-bond acceptors (Lipinski definition) is 7. The molecular formula is C30H33NO6. The van der Waals surface area contributed by atoms with Gasteiger partial charge in [0.1, 0.15) is 0 Å². The van der Waals surface area contributed by atoms with Gasteiger partial charge in [-0.1, -0.05) is 30.4 Å². The number of aryl methyl sites for hydroxylation is 1. The summed E-state index contributed by atoms with van der Waals surface area (Å²) in [5.74, 6) is 2.72. The molecule has 0 saturated heterocycles. The number of rotatable bonds is 8. The number of ether oxygens (including phenoxy) is 6. The van der Waals surface area contributed by atoms with E-state index in [1.165, 1.54) is 0 Å². The van der Waals surface area contributed by atoms with Crippen LogP contribution in [0, 0.1) is 6.92 Å². The Kier molecular flexibility index (Phi) is 7.74. The summed E-state index contributed by atoms with van der Waals surface area (Å²) >= 11 is 0. The number of fused-ring (bicyclic) bond motifs is 1. The minimum absolute atomic E-state index is 0.411. The smallest absolute Gasteiger partial charge is 0.205 e. The lowest BCUT2D eigenvalue weighted by Crippen LogP contribution is -2.36. The first-order valence-electron chi connectivity index (χ1n) is 11.9. The van der Waals surface area contributed by atoms with E-state index in [4.69, 9.17) is 33.4 Å². The zero-order valence-corrected chi connectivity index (χ0v) is 22.4. The second kappa shape index (κ2) is 11.0. The summed E-state index contributed by atoms with van der Waals surface area (Å²) in [5, 5.41) is 0. The van der Waals surface area contributed by atoms with Crippen LogP contribution in [0.2, 0.25) is 0 Å². The van der Waals surface area contributed by atoms with Crippen LogP contribution >= 0.6 is 0 Å². The van der Waals surface area contributed by atoms with E-state index >= 15 is 0 Å². The summed E-state index contributed by atoms with van der Waals surface area (Å²) in [6.45, 7) is 6.17. The lowest BCUT2D eigenvalue weighted by Gasteiger charge is -2.34. The molecule has 2 aromatic carbocycles. The van der Waals surface area contributed by atoms with Gasteiger partial charge in [0.25, 0.3) is 0 Å². The Bertz CT molecular complexity index is 1340. The van der Waals surface area contributed by atoms with Gasteiger partial charge in [-0.2, -0.15) is 0 Å². The Balaban J connectivity index is 1.78. The Morgan fingerprint density at radius 3 is 1.84 bits per heavy atom. The molecule has 7 heteroatoms. The molecule has 3 aromatic rings. The summed E-state index contributed by atoms with van der Waals surface area (Å²) in [7, 11) is 6.49. The molecule has 1 aliphatic rings. The Morgan fingerprint density at radius 2 is 1.30 bits per heavy atom. The maximum absolute atomic E-state index is 6.17. The molecule has 0 bridgehead atoms. The molecule has 194 valence electrons. The molecule has 0 saturated carbocycles. The minimum Gasteiger partial charge on any atom is -0.493 e. The molecule has 0 fully saturated rings. The Morgan fingerprint density at radius 1 is 0.757 bits per heavy atom. The van der Waals surface area contributed by atoms with Crippen molar-refractivity contribution in [1.29, 1.82) is 0 Å². The fourth-order valence-corrected chi connectivity index (χ4v) is 4.17. The van der Waals surface area contributed by atoms with Crippen molar-refractivity contribution in [3.05, 3.63) is 70.0 Å². The number of pyridine rings is 1. The van der Waals surface area contributed by atoms with Crippen molar-refractivity contribution in [3.63, 3.8) is 0 Å². The second-order valence-corrected chi connectivity index (χ2v) is 8.99. The van der Waals surface area contributed by atoms with Crippen LogP contribution in [0.3, 0.4) is 0 Å². The van der Waals surface area contributed by atoms with Gasteiger partial charge in [0.15, 0.2) is 28.7 Å². The average Bonchev–Trinajstić information content (AvgIpc) is 2.90. The normalized spacial score (nSPS) is 14.4. The number of aromatic nitrogens is 1. The van der Waals surface area contributed by atoms with Crippen LogP contribution in [-0.4, -0.2) is 39.2 Å². The highest BCUT2D eigenvalue weighted by Gasteiger charge is 2.31. The van der Waals surface area contributed by atoms with Gasteiger partial charge >= 0.3 is 0 Å². The van der Waals surface area contributed by atoms with Gasteiger partial charge in [-0.25, -0.2) is 4.98 Å². The van der Waals surface area contributed by atoms with Gasteiger partial charge in [-0.3, -0.25) is 0 Å². The maximum atomic E-state index is 6.17. The summed E-state index contributed by atoms with van der Waals surface area (Å²) in [5.41, 5.74) is 5.40. The minimum atomic E-state index is -0.721. The van der Waals surface area contributed by atoms with Crippen molar-refractivity contribution in [1.82, 2.24) is 4.98 Å². The summed E-state index contributed by atoms with van der Waals surface area (Å²) in [4.78, 5) is 4.90. The number of methoxy groups -OCH3 is 4. The van der Waals surface area contributed by atoms with Crippen molar-refractivity contribution in [2.24, 2.45) is 0 Å². The van der Waals surface area contributed by atoms with Crippen LogP contribution in [-0.2, 0) is 11.3 Å². The van der Waals surface area contributed by atoms with Gasteiger partial charge in [-0.05, 0) is 48.4 Å². The van der Waals surface area contributed by atoms with E-state index in [0.29, 0.717) is 29.6 Å². The van der Waals surface area contributed by atoms with E-state index in [-0.39, 0.29) is 0 Å². The SMILES string of the molecule is COc1ccc(C=Cc2c(/C=C/c3ccc(OC)c(OC)c3)nc(C)c3c2COC(C)(C)O3)cc1OC. The monoisotopic (exact) mass is 503 g/mol. The van der Waals surface area contributed by atoms with E-state index in [0.717, 1.165) is 39.4 Å². The van der Waals surface area contributed by atoms with E-state index < -0.39 is 5.79 Å². The van der Waals surface area contributed by atoms with Crippen LogP contribution in [0.15, 0.2) is 36.4 Å². The van der Waals surface area contributed by atoms with Crippen LogP contribution < -0.4 is 23.7 Å². The van der Waals surface area contributed by atoms with Gasteiger partial charge in [-0.15, -0.1) is 0 Å². The summed E-state index contributed by atoms with van der Waals surface area (Å²) in [6, 6.07) is 11.6. The van der Waals surface area contributed by atoms with Crippen LogP contribution in [0.4, 0.5) is 0 Å². The van der Waals surface area contributed by atoms with Crippen LogP contribution in [0.5, 0.6) is 28.7 Å². The molecule has 2 heterocycles. The predicted octanol–water partition coefficient (Wildman–Crippen LogP) is 6.41. The van der Waals surface area contributed by atoms with Crippen LogP contribution in [0.25, 0.3) is 24.3 Å². The fraction of sp³-hybridized carbons (Fsp3) is 0.300. The van der Waals surface area contributed by atoms with E-state index in [9.17, 15) is 0 Å². The molecule has 7 nitrogen and oxygen atoms in total. The second-order valence-electron chi connectivity index (χ2n) is 8.99. The third-order valence-electron chi connectivity index (χ3n) is 6.10. The van der Waals surface area contributed by atoms with Crippen molar-refractivity contribution in [2.45, 2.75) is 33.2 Å². The first kappa shape index (κ1) is 26.1. The van der Waals surface area contributed by atoms with Gasteiger partial charge in [0.2, 0.25) is 5.79 Å². The molecule has 0 aliphatic carbocycles. The highest BCUT2D eigenvalue weighted by Crippen LogP contribution is 2.38. The molecule has 0 atom stereocenters. The zero-order valence-electron chi connectivity index (χ0n) is 22.4. The van der Waals surface area contributed by atoms with Gasteiger partial charge in [0.05, 0.1) is 46.4 Å². The van der Waals surface area contributed by atoms with Crippen molar-refractivity contribution >= 4 is 24.3 Å². The average molecular weight is 504 g/mol. The van der Waals surface area contributed by atoms with Gasteiger partial charge in [0, 0.05) is 25.0 Å². The largest absolute Gasteiger partial charge is 0.493 e. The maximum Gasteiger partial charge on any atom is 0.205 e. The third-order valence-corrected chi connectivity index (χ3v) is 6.10. The third kappa shape index (κ3) is 5.73. The first-order valence-corrected chi connectivity index (χ1v) is 11.9. The molecule has 1 aromatic heterocycles.